The van der Waals surface area contributed by atoms with Gasteiger partial charge in [0.1, 0.15) is 5.75 Å². The Morgan fingerprint density at radius 1 is 0.559 bits per heavy atom. The van der Waals surface area contributed by atoms with Gasteiger partial charge in [-0.05, 0) is 63.7 Å². The van der Waals surface area contributed by atoms with Gasteiger partial charge >= 0.3 is 0 Å². The van der Waals surface area contributed by atoms with Crippen LogP contribution in [-0.2, 0) is 5.41 Å². The van der Waals surface area contributed by atoms with Gasteiger partial charge in [0.2, 0.25) is 0 Å². The lowest BCUT2D eigenvalue weighted by Crippen LogP contribution is -2.28. The molecule has 6 rings (SSSR count). The molecule has 0 unspecified atom stereocenters. The molecule has 0 aliphatic heterocycles. The third-order valence-electron chi connectivity index (χ3n) is 6.88. The number of phenolic OH excluding ortho intramolecular Hbond substituents is 1. The predicted octanol–water partition coefficient (Wildman–Crippen LogP) is 7.77. The minimum absolute atomic E-state index is 0.207. The lowest BCUT2D eigenvalue weighted by molar-refractivity contribution is 0.477. The maximum atomic E-state index is 10.6. The second-order valence-corrected chi connectivity index (χ2v) is 9.59. The number of aromatic hydroxyl groups is 1. The summed E-state index contributed by atoms with van der Waals surface area (Å²) in [5.74, 6) is 0.207. The average Bonchev–Trinajstić information content (AvgIpc) is 3.16. The molecule has 0 bridgehead atoms. The minimum atomic E-state index is -0.486. The molecule has 0 heterocycles. The van der Waals surface area contributed by atoms with Crippen molar-refractivity contribution in [2.75, 3.05) is 5.73 Å². The van der Waals surface area contributed by atoms with Crippen LogP contribution in [0.4, 0.5) is 5.69 Å². The normalized spacial score (nSPS) is 13.3. The van der Waals surface area contributed by atoms with E-state index in [-0.39, 0.29) is 5.75 Å². The number of hydrogen-bond donors (Lipinski definition) is 2. The molecule has 0 saturated heterocycles. The zero-order valence-corrected chi connectivity index (χ0v) is 20.0. The summed E-state index contributed by atoms with van der Waals surface area (Å²) in [6, 6.07) is 39.5. The smallest absolute Gasteiger partial charge is 0.123 e. The number of benzene rings is 5. The summed E-state index contributed by atoms with van der Waals surface area (Å²) in [6.07, 6.45) is 0. The Balaban J connectivity index is 1.74. The first-order valence-electron chi connectivity index (χ1n) is 11.2. The fourth-order valence-corrected chi connectivity index (χ4v) is 5.82. The summed E-state index contributed by atoms with van der Waals surface area (Å²) in [6.45, 7) is 0. The number of nitrogen functional groups attached to an aromatic ring is 1. The Bertz CT molecular complexity index is 1490. The van der Waals surface area contributed by atoms with Gasteiger partial charge in [0.15, 0.2) is 0 Å². The number of fused-ring (bicyclic) bond motifs is 3. The van der Waals surface area contributed by atoms with Crippen molar-refractivity contribution in [2.45, 2.75) is 5.41 Å². The van der Waals surface area contributed by atoms with Crippen molar-refractivity contribution in [3.8, 4) is 28.0 Å². The van der Waals surface area contributed by atoms with Crippen molar-refractivity contribution in [3.05, 3.63) is 142 Å². The fraction of sp³-hybridized carbons (Fsp3) is 0.0323. The van der Waals surface area contributed by atoms with E-state index in [1.54, 1.807) is 6.07 Å². The molecule has 0 amide bonds. The van der Waals surface area contributed by atoms with Gasteiger partial charge < -0.3 is 10.8 Å². The number of nitrogens with two attached hydrogens (primary N) is 1. The summed E-state index contributed by atoms with van der Waals surface area (Å²) >= 11 is 3.53. The van der Waals surface area contributed by atoms with E-state index in [9.17, 15) is 5.11 Å². The highest BCUT2D eigenvalue weighted by atomic mass is 79.9. The number of anilines is 1. The van der Waals surface area contributed by atoms with Gasteiger partial charge in [-0.1, -0.05) is 101 Å². The van der Waals surface area contributed by atoms with E-state index in [2.05, 4.69) is 113 Å². The second kappa shape index (κ2) is 7.89. The van der Waals surface area contributed by atoms with Gasteiger partial charge in [-0.25, -0.2) is 0 Å². The molecule has 5 aromatic carbocycles. The number of phenols is 1. The van der Waals surface area contributed by atoms with Crippen LogP contribution in [0.5, 0.6) is 5.75 Å². The zero-order valence-electron chi connectivity index (χ0n) is 18.4. The summed E-state index contributed by atoms with van der Waals surface area (Å²) in [5, 5.41) is 10.6. The summed E-state index contributed by atoms with van der Waals surface area (Å²) < 4.78 is 0.892. The van der Waals surface area contributed by atoms with Gasteiger partial charge in [-0.15, -0.1) is 0 Å². The Morgan fingerprint density at radius 2 is 1.18 bits per heavy atom. The molecule has 164 valence electrons. The molecule has 1 aliphatic rings. The van der Waals surface area contributed by atoms with Crippen molar-refractivity contribution in [1.82, 2.24) is 0 Å². The second-order valence-electron chi connectivity index (χ2n) is 8.67. The molecular weight excluding hydrogens is 482 g/mol. The van der Waals surface area contributed by atoms with E-state index in [0.717, 1.165) is 21.2 Å². The zero-order chi connectivity index (χ0) is 23.3. The van der Waals surface area contributed by atoms with Crippen LogP contribution in [-0.4, -0.2) is 5.11 Å². The largest absolute Gasteiger partial charge is 0.507 e. The lowest BCUT2D eigenvalue weighted by Gasteiger charge is -2.34. The van der Waals surface area contributed by atoms with E-state index in [0.29, 0.717) is 11.3 Å². The van der Waals surface area contributed by atoms with Gasteiger partial charge in [0.25, 0.3) is 0 Å². The van der Waals surface area contributed by atoms with Crippen LogP contribution < -0.4 is 5.73 Å². The summed E-state index contributed by atoms with van der Waals surface area (Å²) in [4.78, 5) is 0. The predicted molar refractivity (Wildman–Crippen MR) is 143 cm³/mol. The quantitative estimate of drug-likeness (QED) is 0.242. The highest BCUT2D eigenvalue weighted by Gasteiger charge is 2.46. The average molecular weight is 504 g/mol. The number of rotatable bonds is 3. The molecule has 3 heteroatoms. The Hall–Kier alpha value is -3.82. The Kier molecular flexibility index (Phi) is 4.82. The molecular formula is C31H22BrNO. The first-order chi connectivity index (χ1) is 16.6. The Morgan fingerprint density at radius 3 is 1.85 bits per heavy atom. The van der Waals surface area contributed by atoms with Crippen LogP contribution in [0.15, 0.2) is 120 Å². The monoisotopic (exact) mass is 503 g/mol. The molecule has 0 aromatic heterocycles. The third-order valence-corrected chi connectivity index (χ3v) is 7.37. The standard InChI is InChI=1S/C31H22BrNO/c32-22-15-16-30(34)26(17-22)25-18-24-23-13-7-8-14-27(23)31(28(24)19-29(25)33,20-9-3-1-4-10-20)21-11-5-2-6-12-21/h1-19,34H,33H2. The van der Waals surface area contributed by atoms with E-state index in [4.69, 9.17) is 5.73 Å². The summed E-state index contributed by atoms with van der Waals surface area (Å²) in [5.41, 5.74) is 15.5. The van der Waals surface area contributed by atoms with Crippen LogP contribution in [0.25, 0.3) is 22.3 Å². The van der Waals surface area contributed by atoms with Crippen LogP contribution in [0.1, 0.15) is 22.3 Å². The number of hydrogen-bond acceptors (Lipinski definition) is 2. The highest BCUT2D eigenvalue weighted by molar-refractivity contribution is 9.10. The lowest BCUT2D eigenvalue weighted by atomic mass is 9.67. The molecule has 2 nitrogen and oxygen atoms in total. The molecule has 0 spiro atoms. The maximum Gasteiger partial charge on any atom is 0.123 e. The van der Waals surface area contributed by atoms with Crippen molar-refractivity contribution in [2.24, 2.45) is 0 Å². The molecule has 0 atom stereocenters. The van der Waals surface area contributed by atoms with Gasteiger partial charge in [0, 0.05) is 21.3 Å². The third kappa shape index (κ3) is 2.94. The first-order valence-corrected chi connectivity index (χ1v) is 12.0. The molecule has 34 heavy (non-hydrogen) atoms. The van der Waals surface area contributed by atoms with Crippen LogP contribution in [0.3, 0.4) is 0 Å². The van der Waals surface area contributed by atoms with Crippen molar-refractivity contribution in [3.63, 3.8) is 0 Å². The maximum absolute atomic E-state index is 10.6. The topological polar surface area (TPSA) is 46.2 Å². The molecule has 1 aliphatic carbocycles. The van der Waals surface area contributed by atoms with E-state index in [1.807, 2.05) is 12.1 Å². The van der Waals surface area contributed by atoms with Crippen LogP contribution >= 0.6 is 15.9 Å². The molecule has 5 aromatic rings. The van der Waals surface area contributed by atoms with Crippen molar-refractivity contribution >= 4 is 21.6 Å². The molecule has 0 fully saturated rings. The van der Waals surface area contributed by atoms with Crippen molar-refractivity contribution in [1.29, 1.82) is 0 Å². The van der Waals surface area contributed by atoms with Crippen LogP contribution in [0, 0.1) is 0 Å². The van der Waals surface area contributed by atoms with Gasteiger partial charge in [-0.2, -0.15) is 0 Å². The Labute approximate surface area is 207 Å². The summed E-state index contributed by atoms with van der Waals surface area (Å²) in [7, 11) is 0. The first kappa shape index (κ1) is 20.8. The van der Waals surface area contributed by atoms with Crippen molar-refractivity contribution < 1.29 is 5.11 Å². The van der Waals surface area contributed by atoms with E-state index in [1.165, 1.54) is 22.3 Å². The molecule has 3 N–H and O–H groups in total. The SMILES string of the molecule is Nc1cc2c(cc1-c1cc(Br)ccc1O)-c1ccccc1C2(c1ccccc1)c1ccccc1. The fourth-order valence-electron chi connectivity index (χ4n) is 5.46. The molecule has 0 radical (unpaired) electrons. The van der Waals surface area contributed by atoms with E-state index < -0.39 is 5.41 Å². The van der Waals surface area contributed by atoms with Crippen LogP contribution in [0.2, 0.25) is 0 Å². The molecule has 0 saturated carbocycles. The van der Waals surface area contributed by atoms with E-state index >= 15 is 0 Å². The van der Waals surface area contributed by atoms with Gasteiger partial charge in [0.05, 0.1) is 5.41 Å². The highest BCUT2D eigenvalue weighted by Crippen LogP contribution is 2.57. The van der Waals surface area contributed by atoms with Gasteiger partial charge in [-0.3, -0.25) is 0 Å². The number of halogens is 1. The minimum Gasteiger partial charge on any atom is -0.507 e.